The summed E-state index contributed by atoms with van der Waals surface area (Å²) in [5.74, 6) is 1.93. The predicted molar refractivity (Wildman–Crippen MR) is 73.2 cm³/mol. The number of nitrogens with one attached hydrogen (secondary N) is 1. The van der Waals surface area contributed by atoms with Crippen molar-refractivity contribution >= 4 is 11.2 Å². The highest BCUT2D eigenvalue weighted by Crippen LogP contribution is 2.40. The van der Waals surface area contributed by atoms with E-state index >= 15 is 0 Å². The lowest BCUT2D eigenvalue weighted by atomic mass is 9.76. The molecule has 0 radical (unpaired) electrons. The van der Waals surface area contributed by atoms with Crippen molar-refractivity contribution in [2.45, 2.75) is 38.3 Å². The van der Waals surface area contributed by atoms with Gasteiger partial charge in [0, 0.05) is 13.1 Å². The maximum absolute atomic E-state index is 5.67. The summed E-state index contributed by atoms with van der Waals surface area (Å²) < 4.78 is 10.8. The largest absolute Gasteiger partial charge is 0.438 e. The first kappa shape index (κ1) is 12.5. The van der Waals surface area contributed by atoms with Gasteiger partial charge in [-0.05, 0) is 31.4 Å². The monoisotopic (exact) mass is 285 g/mol. The Morgan fingerprint density at radius 2 is 2.24 bits per heavy atom. The molecule has 0 amide bonds. The van der Waals surface area contributed by atoms with Gasteiger partial charge >= 0.3 is 0 Å². The number of hydrogen-bond donors (Lipinski definition) is 1. The van der Waals surface area contributed by atoms with Gasteiger partial charge in [0.2, 0.25) is 11.8 Å². The summed E-state index contributed by atoms with van der Waals surface area (Å²) in [6.45, 7) is 2.32. The lowest BCUT2D eigenvalue weighted by Gasteiger charge is -2.39. The van der Waals surface area contributed by atoms with Crippen LogP contribution in [0, 0.1) is 6.92 Å². The van der Waals surface area contributed by atoms with Crippen LogP contribution in [0.2, 0.25) is 0 Å². The molecule has 1 fully saturated rings. The average molecular weight is 285 g/mol. The van der Waals surface area contributed by atoms with Gasteiger partial charge in [-0.25, -0.2) is 4.98 Å². The fourth-order valence-corrected chi connectivity index (χ4v) is 2.64. The quantitative estimate of drug-likeness (QED) is 0.784. The van der Waals surface area contributed by atoms with E-state index in [1.165, 1.54) is 0 Å². The number of hydrogen-bond acceptors (Lipinski definition) is 7. The molecule has 3 aromatic rings. The van der Waals surface area contributed by atoms with E-state index < -0.39 is 0 Å². The Morgan fingerprint density at radius 1 is 1.33 bits per heavy atom. The van der Waals surface area contributed by atoms with Crippen molar-refractivity contribution in [2.75, 3.05) is 0 Å². The van der Waals surface area contributed by atoms with Crippen molar-refractivity contribution < 1.29 is 8.94 Å². The van der Waals surface area contributed by atoms with Crippen molar-refractivity contribution in [3.8, 4) is 0 Å². The zero-order valence-corrected chi connectivity index (χ0v) is 11.7. The topological polar surface area (TPSA) is 89.9 Å². The van der Waals surface area contributed by atoms with Crippen LogP contribution in [0.1, 0.15) is 36.9 Å². The van der Waals surface area contributed by atoms with E-state index in [-0.39, 0.29) is 5.54 Å². The third-order valence-electron chi connectivity index (χ3n) is 3.95. The summed E-state index contributed by atoms with van der Waals surface area (Å²) in [6, 6.07) is 3.70. The van der Waals surface area contributed by atoms with Crippen molar-refractivity contribution in [1.29, 1.82) is 0 Å². The molecule has 0 spiro atoms. The van der Waals surface area contributed by atoms with Gasteiger partial charge in [0.1, 0.15) is 0 Å². The van der Waals surface area contributed by atoms with E-state index in [0.29, 0.717) is 29.6 Å². The highest BCUT2D eigenvalue weighted by molar-refractivity contribution is 5.66. The van der Waals surface area contributed by atoms with Gasteiger partial charge in [-0.2, -0.15) is 9.97 Å². The lowest BCUT2D eigenvalue weighted by molar-refractivity contribution is 0.160. The smallest absolute Gasteiger partial charge is 0.223 e. The first-order valence-electron chi connectivity index (χ1n) is 7.01. The molecule has 4 rings (SSSR count). The molecule has 0 saturated heterocycles. The van der Waals surface area contributed by atoms with Crippen molar-refractivity contribution in [3.63, 3.8) is 0 Å². The van der Waals surface area contributed by atoms with E-state index in [9.17, 15) is 0 Å². The number of fused-ring (bicyclic) bond motifs is 1. The van der Waals surface area contributed by atoms with Gasteiger partial charge in [-0.15, -0.1) is 0 Å². The minimum Gasteiger partial charge on any atom is -0.438 e. The molecule has 108 valence electrons. The van der Waals surface area contributed by atoms with Crippen LogP contribution < -0.4 is 5.32 Å². The van der Waals surface area contributed by atoms with Crippen LogP contribution in [-0.2, 0) is 12.1 Å². The first-order valence-corrected chi connectivity index (χ1v) is 7.01. The SMILES string of the molecule is Cc1nc(C2(NCc3nc4ncccc4o3)CCC2)no1. The summed E-state index contributed by atoms with van der Waals surface area (Å²) in [7, 11) is 0. The highest BCUT2D eigenvalue weighted by Gasteiger charge is 2.42. The maximum atomic E-state index is 5.67. The molecule has 3 aromatic heterocycles. The standard InChI is InChI=1S/C14H15N5O2/c1-9-17-13(19-21-9)14(5-3-6-14)16-8-11-18-12-10(20-11)4-2-7-15-12/h2,4,7,16H,3,5-6,8H2,1H3. The molecule has 1 saturated carbocycles. The predicted octanol–water partition coefficient (Wildman–Crippen LogP) is 2.08. The van der Waals surface area contributed by atoms with Crippen LogP contribution >= 0.6 is 0 Å². The molecular formula is C14H15N5O2. The molecule has 0 atom stereocenters. The van der Waals surface area contributed by atoms with Gasteiger partial charge in [0.25, 0.3) is 0 Å². The minimum absolute atomic E-state index is 0.216. The zero-order valence-electron chi connectivity index (χ0n) is 11.7. The Labute approximate surface area is 120 Å². The summed E-state index contributed by atoms with van der Waals surface area (Å²) in [5, 5.41) is 7.52. The third kappa shape index (κ3) is 2.09. The second-order valence-corrected chi connectivity index (χ2v) is 5.36. The Kier molecular flexibility index (Phi) is 2.75. The van der Waals surface area contributed by atoms with Gasteiger partial charge in [0.05, 0.1) is 12.1 Å². The van der Waals surface area contributed by atoms with Gasteiger partial charge in [0.15, 0.2) is 17.1 Å². The number of oxazole rings is 1. The van der Waals surface area contributed by atoms with Crippen LogP contribution in [0.4, 0.5) is 0 Å². The Hall–Kier alpha value is -2.28. The summed E-state index contributed by atoms with van der Waals surface area (Å²) in [6.07, 6.45) is 4.84. The lowest BCUT2D eigenvalue weighted by Crippen LogP contribution is -2.48. The zero-order chi connectivity index (χ0) is 14.3. The van der Waals surface area contributed by atoms with Crippen LogP contribution in [0.25, 0.3) is 11.2 Å². The maximum Gasteiger partial charge on any atom is 0.223 e. The molecule has 0 unspecified atom stereocenters. The number of pyridine rings is 1. The average Bonchev–Trinajstić information content (AvgIpc) is 3.03. The van der Waals surface area contributed by atoms with Crippen molar-refractivity contribution in [2.24, 2.45) is 0 Å². The molecule has 0 aromatic carbocycles. The molecule has 0 bridgehead atoms. The molecule has 1 aliphatic carbocycles. The Bertz CT molecular complexity index is 741. The van der Waals surface area contributed by atoms with Gasteiger partial charge in [-0.3, -0.25) is 5.32 Å². The fraction of sp³-hybridized carbons (Fsp3) is 0.429. The van der Waals surface area contributed by atoms with E-state index in [2.05, 4.69) is 25.4 Å². The normalized spacial score (nSPS) is 17.0. The van der Waals surface area contributed by atoms with Crippen molar-refractivity contribution in [1.82, 2.24) is 25.4 Å². The van der Waals surface area contributed by atoms with Crippen LogP contribution in [0.3, 0.4) is 0 Å². The second-order valence-electron chi connectivity index (χ2n) is 5.36. The molecule has 1 aliphatic rings. The van der Waals surface area contributed by atoms with Gasteiger partial charge < -0.3 is 8.94 Å². The molecule has 0 aliphatic heterocycles. The highest BCUT2D eigenvalue weighted by atomic mass is 16.5. The summed E-state index contributed by atoms with van der Waals surface area (Å²) >= 11 is 0. The second kappa shape index (κ2) is 4.63. The minimum atomic E-state index is -0.216. The van der Waals surface area contributed by atoms with Crippen LogP contribution in [-0.4, -0.2) is 20.1 Å². The first-order chi connectivity index (χ1) is 10.3. The summed E-state index contributed by atoms with van der Waals surface area (Å²) in [4.78, 5) is 12.9. The molecule has 3 heterocycles. The van der Waals surface area contributed by atoms with Crippen LogP contribution in [0.15, 0.2) is 27.3 Å². The van der Waals surface area contributed by atoms with Gasteiger partial charge in [-0.1, -0.05) is 5.16 Å². The Balaban J connectivity index is 1.54. The fourth-order valence-electron chi connectivity index (χ4n) is 2.64. The molecule has 7 heteroatoms. The van der Waals surface area contributed by atoms with Crippen molar-refractivity contribution in [3.05, 3.63) is 35.9 Å². The van der Waals surface area contributed by atoms with E-state index in [4.69, 9.17) is 8.94 Å². The van der Waals surface area contributed by atoms with Crippen LogP contribution in [0.5, 0.6) is 0 Å². The van der Waals surface area contributed by atoms with E-state index in [1.807, 2.05) is 12.1 Å². The number of aromatic nitrogens is 4. The number of nitrogens with zero attached hydrogens (tertiary/aromatic N) is 4. The molecular weight excluding hydrogens is 270 g/mol. The molecule has 7 nitrogen and oxygen atoms in total. The number of aryl methyl sites for hydroxylation is 1. The summed E-state index contributed by atoms with van der Waals surface area (Å²) in [5.41, 5.74) is 1.12. The third-order valence-corrected chi connectivity index (χ3v) is 3.95. The van der Waals surface area contributed by atoms with E-state index in [0.717, 1.165) is 25.1 Å². The molecule has 1 N–H and O–H groups in total. The molecule has 21 heavy (non-hydrogen) atoms. The van der Waals surface area contributed by atoms with E-state index in [1.54, 1.807) is 13.1 Å². The Morgan fingerprint density at radius 3 is 2.90 bits per heavy atom. The number of rotatable bonds is 4.